The zero-order chi connectivity index (χ0) is 13.8. The van der Waals surface area contributed by atoms with Crippen LogP contribution in [0.2, 0.25) is 0 Å². The van der Waals surface area contributed by atoms with Crippen molar-refractivity contribution in [2.45, 2.75) is 27.3 Å². The molecule has 0 aliphatic carbocycles. The number of benzene rings is 2. The van der Waals surface area contributed by atoms with Gasteiger partial charge < -0.3 is 10.6 Å². The Hall–Kier alpha value is -1.96. The molecule has 0 unspecified atom stereocenters. The fraction of sp³-hybridized carbons (Fsp3) is 0.294. The van der Waals surface area contributed by atoms with E-state index in [2.05, 4.69) is 67.8 Å². The lowest BCUT2D eigenvalue weighted by Crippen LogP contribution is -2.03. The van der Waals surface area contributed by atoms with Crippen LogP contribution in [0.3, 0.4) is 0 Å². The molecule has 0 atom stereocenters. The Kier molecular flexibility index (Phi) is 4.10. The van der Waals surface area contributed by atoms with E-state index in [1.54, 1.807) is 0 Å². The van der Waals surface area contributed by atoms with Gasteiger partial charge in [-0.15, -0.1) is 0 Å². The molecular formula is C17H22N2. The summed E-state index contributed by atoms with van der Waals surface area (Å²) in [6.45, 7) is 7.31. The van der Waals surface area contributed by atoms with Crippen LogP contribution < -0.4 is 10.6 Å². The van der Waals surface area contributed by atoms with Crippen LogP contribution in [0, 0.1) is 20.8 Å². The molecule has 0 saturated heterocycles. The molecule has 0 saturated carbocycles. The first kappa shape index (κ1) is 13.5. The molecule has 2 aromatic carbocycles. The average Bonchev–Trinajstić information content (AvgIpc) is 2.38. The second-order valence-corrected chi connectivity index (χ2v) is 5.07. The highest BCUT2D eigenvalue weighted by Gasteiger charge is 2.03. The van der Waals surface area contributed by atoms with E-state index in [0.717, 1.165) is 12.2 Å². The first-order valence-electron chi connectivity index (χ1n) is 6.68. The van der Waals surface area contributed by atoms with Gasteiger partial charge in [-0.2, -0.15) is 0 Å². The van der Waals surface area contributed by atoms with E-state index in [1.807, 2.05) is 7.05 Å². The van der Waals surface area contributed by atoms with Crippen LogP contribution in [0.5, 0.6) is 0 Å². The smallest absolute Gasteiger partial charge is 0.0402 e. The lowest BCUT2D eigenvalue weighted by molar-refractivity contribution is 1.13. The van der Waals surface area contributed by atoms with Gasteiger partial charge in [0.25, 0.3) is 0 Å². The number of aryl methyl sites for hydroxylation is 3. The summed E-state index contributed by atoms with van der Waals surface area (Å²) in [7, 11) is 1.94. The minimum absolute atomic E-state index is 0.856. The van der Waals surface area contributed by atoms with Gasteiger partial charge in [-0.25, -0.2) is 0 Å². The Balaban J connectivity index is 2.10. The highest BCUT2D eigenvalue weighted by Crippen LogP contribution is 2.22. The van der Waals surface area contributed by atoms with Gasteiger partial charge in [0, 0.05) is 25.0 Å². The molecule has 2 nitrogen and oxygen atoms in total. The van der Waals surface area contributed by atoms with Crippen molar-refractivity contribution >= 4 is 11.4 Å². The van der Waals surface area contributed by atoms with Crippen molar-refractivity contribution in [1.82, 2.24) is 0 Å². The van der Waals surface area contributed by atoms with Crippen LogP contribution in [0.4, 0.5) is 11.4 Å². The zero-order valence-electron chi connectivity index (χ0n) is 12.2. The molecule has 0 spiro atoms. The largest absolute Gasteiger partial charge is 0.388 e. The maximum absolute atomic E-state index is 3.54. The van der Waals surface area contributed by atoms with Gasteiger partial charge in [0.15, 0.2) is 0 Å². The van der Waals surface area contributed by atoms with Crippen molar-refractivity contribution in [2.24, 2.45) is 0 Å². The predicted octanol–water partition coefficient (Wildman–Crippen LogP) is 4.27. The summed E-state index contributed by atoms with van der Waals surface area (Å²) in [5, 5.41) is 6.67. The summed E-state index contributed by atoms with van der Waals surface area (Å²) in [6.07, 6.45) is 0. The van der Waals surface area contributed by atoms with Crippen molar-refractivity contribution in [1.29, 1.82) is 0 Å². The first-order chi connectivity index (χ1) is 9.10. The fourth-order valence-electron chi connectivity index (χ4n) is 2.44. The topological polar surface area (TPSA) is 24.1 Å². The molecule has 2 aromatic rings. The lowest BCUT2D eigenvalue weighted by Gasteiger charge is -2.14. The second kappa shape index (κ2) is 5.79. The SMILES string of the molecule is CNc1ccc(CNc2c(C)cc(C)cc2C)cc1. The molecule has 0 fully saturated rings. The van der Waals surface area contributed by atoms with Crippen LogP contribution in [-0.2, 0) is 6.54 Å². The van der Waals surface area contributed by atoms with Crippen molar-refractivity contribution in [3.63, 3.8) is 0 Å². The molecular weight excluding hydrogens is 232 g/mol. The van der Waals surface area contributed by atoms with E-state index in [-0.39, 0.29) is 0 Å². The van der Waals surface area contributed by atoms with Crippen molar-refractivity contribution in [3.8, 4) is 0 Å². The Bertz CT molecular complexity index is 533. The van der Waals surface area contributed by atoms with Gasteiger partial charge in [-0.05, 0) is 49.6 Å². The van der Waals surface area contributed by atoms with Gasteiger partial charge in [0.2, 0.25) is 0 Å². The molecule has 0 aromatic heterocycles. The van der Waals surface area contributed by atoms with Crippen molar-refractivity contribution < 1.29 is 0 Å². The van der Waals surface area contributed by atoms with Crippen molar-refractivity contribution in [3.05, 3.63) is 58.7 Å². The van der Waals surface area contributed by atoms with Gasteiger partial charge in [-0.1, -0.05) is 29.8 Å². The van der Waals surface area contributed by atoms with Gasteiger partial charge >= 0.3 is 0 Å². The van der Waals surface area contributed by atoms with Crippen LogP contribution >= 0.6 is 0 Å². The number of hydrogen-bond donors (Lipinski definition) is 2. The van der Waals surface area contributed by atoms with Crippen LogP contribution in [0.15, 0.2) is 36.4 Å². The molecule has 19 heavy (non-hydrogen) atoms. The van der Waals surface area contributed by atoms with E-state index in [4.69, 9.17) is 0 Å². The Morgan fingerprint density at radius 1 is 0.895 bits per heavy atom. The maximum Gasteiger partial charge on any atom is 0.0402 e. The lowest BCUT2D eigenvalue weighted by atomic mass is 10.0. The van der Waals surface area contributed by atoms with Gasteiger partial charge in [0.05, 0.1) is 0 Å². The summed E-state index contributed by atoms with van der Waals surface area (Å²) in [6, 6.07) is 13.0. The Morgan fingerprint density at radius 2 is 1.47 bits per heavy atom. The second-order valence-electron chi connectivity index (χ2n) is 5.07. The minimum Gasteiger partial charge on any atom is -0.388 e. The molecule has 0 amide bonds. The number of hydrogen-bond acceptors (Lipinski definition) is 2. The fourth-order valence-corrected chi connectivity index (χ4v) is 2.44. The third-order valence-electron chi connectivity index (χ3n) is 3.39. The standard InChI is InChI=1S/C17H22N2/c1-12-9-13(2)17(14(3)10-12)19-11-15-5-7-16(18-4)8-6-15/h5-10,18-19H,11H2,1-4H3. The van der Waals surface area contributed by atoms with Gasteiger partial charge in [0.1, 0.15) is 0 Å². The average molecular weight is 254 g/mol. The third-order valence-corrected chi connectivity index (χ3v) is 3.39. The Labute approximate surface area is 115 Å². The van der Waals surface area contributed by atoms with E-state index >= 15 is 0 Å². The molecule has 0 aliphatic heterocycles. The molecule has 2 rings (SSSR count). The number of anilines is 2. The zero-order valence-corrected chi connectivity index (χ0v) is 12.2. The summed E-state index contributed by atoms with van der Waals surface area (Å²) in [5.74, 6) is 0. The molecule has 0 heterocycles. The van der Waals surface area contributed by atoms with E-state index < -0.39 is 0 Å². The van der Waals surface area contributed by atoms with E-state index in [0.29, 0.717) is 0 Å². The van der Waals surface area contributed by atoms with Gasteiger partial charge in [-0.3, -0.25) is 0 Å². The van der Waals surface area contributed by atoms with Crippen LogP contribution in [0.1, 0.15) is 22.3 Å². The maximum atomic E-state index is 3.54. The van der Waals surface area contributed by atoms with Crippen LogP contribution in [-0.4, -0.2) is 7.05 Å². The molecule has 0 radical (unpaired) electrons. The summed E-state index contributed by atoms with van der Waals surface area (Å²) < 4.78 is 0. The highest BCUT2D eigenvalue weighted by molar-refractivity contribution is 5.58. The number of nitrogens with one attached hydrogen (secondary N) is 2. The van der Waals surface area contributed by atoms with Crippen LogP contribution in [0.25, 0.3) is 0 Å². The van der Waals surface area contributed by atoms with E-state index in [1.165, 1.54) is 27.9 Å². The first-order valence-corrected chi connectivity index (χ1v) is 6.68. The molecule has 0 bridgehead atoms. The number of rotatable bonds is 4. The Morgan fingerprint density at radius 3 is 2.00 bits per heavy atom. The predicted molar refractivity (Wildman–Crippen MR) is 84.0 cm³/mol. The molecule has 0 aliphatic rings. The summed E-state index contributed by atoms with van der Waals surface area (Å²) >= 11 is 0. The quantitative estimate of drug-likeness (QED) is 0.851. The molecule has 2 heteroatoms. The highest BCUT2D eigenvalue weighted by atomic mass is 14.9. The normalized spacial score (nSPS) is 10.3. The molecule has 2 N–H and O–H groups in total. The monoisotopic (exact) mass is 254 g/mol. The summed E-state index contributed by atoms with van der Waals surface area (Å²) in [4.78, 5) is 0. The van der Waals surface area contributed by atoms with E-state index in [9.17, 15) is 0 Å². The van der Waals surface area contributed by atoms with Crippen molar-refractivity contribution in [2.75, 3.05) is 17.7 Å². The minimum atomic E-state index is 0.856. The summed E-state index contributed by atoms with van der Waals surface area (Å²) in [5.41, 5.74) is 7.63. The molecule has 100 valence electrons. The third kappa shape index (κ3) is 3.28.